The van der Waals surface area contributed by atoms with Crippen LogP contribution in [-0.4, -0.2) is 59.2 Å². The molecule has 2 aromatic carbocycles. The van der Waals surface area contributed by atoms with E-state index in [-0.39, 0.29) is 29.7 Å². The third kappa shape index (κ3) is 7.39. The highest BCUT2D eigenvalue weighted by Crippen LogP contribution is 2.24. The molecule has 3 aromatic rings. The number of nitrogens with zero attached hydrogens (tertiary/aromatic N) is 1. The molecule has 198 valence electrons. The molecule has 0 aliphatic rings. The van der Waals surface area contributed by atoms with Crippen LogP contribution in [-0.2, 0) is 31.2 Å². The summed E-state index contributed by atoms with van der Waals surface area (Å²) in [4.78, 5) is 0.151. The Hall–Kier alpha value is -2.24. The van der Waals surface area contributed by atoms with Crippen LogP contribution in [0.3, 0.4) is 0 Å². The van der Waals surface area contributed by atoms with Gasteiger partial charge in [-0.25, -0.2) is 21.6 Å². The van der Waals surface area contributed by atoms with Crippen molar-refractivity contribution in [3.05, 3.63) is 66.4 Å². The Labute approximate surface area is 214 Å². The number of benzene rings is 2. The highest BCUT2D eigenvalue weighted by atomic mass is 32.2. The molecule has 10 heteroatoms. The van der Waals surface area contributed by atoms with Crippen molar-refractivity contribution in [2.75, 3.05) is 26.0 Å². The van der Waals surface area contributed by atoms with Gasteiger partial charge in [0.15, 0.2) is 0 Å². The summed E-state index contributed by atoms with van der Waals surface area (Å²) in [6, 6.07) is 15.3. The van der Waals surface area contributed by atoms with Gasteiger partial charge in [0.1, 0.15) is 5.58 Å². The quantitative estimate of drug-likeness (QED) is 0.333. The highest BCUT2D eigenvalue weighted by molar-refractivity contribution is 7.89. The first kappa shape index (κ1) is 28.3. The van der Waals surface area contributed by atoms with Crippen molar-refractivity contribution in [1.29, 1.82) is 0 Å². The number of sulfonamides is 2. The normalized spacial score (nSPS) is 14.5. The second-order valence-corrected chi connectivity index (χ2v) is 13.2. The number of nitrogens with one attached hydrogen (secondary N) is 1. The molecule has 0 saturated carbocycles. The molecule has 1 N–H and O–H groups in total. The van der Waals surface area contributed by atoms with Crippen LogP contribution in [0.2, 0.25) is 0 Å². The van der Waals surface area contributed by atoms with Crippen molar-refractivity contribution in [2.45, 2.75) is 50.7 Å². The third-order valence-electron chi connectivity index (χ3n) is 5.87. The maximum absolute atomic E-state index is 13.8. The summed E-state index contributed by atoms with van der Waals surface area (Å²) in [5.74, 6) is 0.0206. The predicted octanol–water partition coefficient (Wildman–Crippen LogP) is 4.04. The van der Waals surface area contributed by atoms with Crippen LogP contribution in [0.1, 0.15) is 32.8 Å². The first-order valence-electron chi connectivity index (χ1n) is 12.1. The zero-order valence-electron chi connectivity index (χ0n) is 21.3. The van der Waals surface area contributed by atoms with Crippen LogP contribution in [0.5, 0.6) is 0 Å². The van der Waals surface area contributed by atoms with Crippen LogP contribution >= 0.6 is 0 Å². The van der Waals surface area contributed by atoms with E-state index < -0.39 is 32.2 Å². The molecule has 0 amide bonds. The van der Waals surface area contributed by atoms with Gasteiger partial charge < -0.3 is 9.15 Å². The summed E-state index contributed by atoms with van der Waals surface area (Å²) in [7, 11) is -5.99. The standard InChI is InChI=1S/C26H36N2O6S2/c1-5-15-35(29,30)27-24(16-21-9-7-6-8-10-21)26(33-4)19-28(18-20(2)3)36(31,32)23-11-12-25-22(17-23)13-14-34-25/h6-14,17,20,24,26-27H,5,15-16,18-19H2,1-4H3/t24-,26+/m0/s1. The summed E-state index contributed by atoms with van der Waals surface area (Å²) in [6.07, 6.45) is 1.63. The molecule has 1 aromatic heterocycles. The van der Waals surface area contributed by atoms with Gasteiger partial charge in [0.2, 0.25) is 20.0 Å². The Bertz CT molecular complexity index is 1320. The molecule has 0 unspecified atom stereocenters. The predicted molar refractivity (Wildman–Crippen MR) is 142 cm³/mol. The molecule has 2 atom stereocenters. The van der Waals surface area contributed by atoms with E-state index in [2.05, 4.69) is 4.72 Å². The van der Waals surface area contributed by atoms with Crippen molar-refractivity contribution in [1.82, 2.24) is 9.03 Å². The number of ether oxygens (including phenoxy) is 1. The fraction of sp³-hybridized carbons (Fsp3) is 0.462. The van der Waals surface area contributed by atoms with Gasteiger partial charge in [-0.15, -0.1) is 0 Å². The Morgan fingerprint density at radius 3 is 2.36 bits per heavy atom. The van der Waals surface area contributed by atoms with E-state index in [9.17, 15) is 16.8 Å². The summed E-state index contributed by atoms with van der Waals surface area (Å²) < 4.78 is 68.2. The Kier molecular flexibility index (Phi) is 9.71. The molecule has 0 bridgehead atoms. The number of rotatable bonds is 14. The van der Waals surface area contributed by atoms with E-state index in [0.29, 0.717) is 23.8 Å². The van der Waals surface area contributed by atoms with Gasteiger partial charge in [0, 0.05) is 25.6 Å². The van der Waals surface area contributed by atoms with Crippen LogP contribution in [0, 0.1) is 5.92 Å². The van der Waals surface area contributed by atoms with Crippen LogP contribution < -0.4 is 4.72 Å². The van der Waals surface area contributed by atoms with E-state index in [1.165, 1.54) is 23.7 Å². The van der Waals surface area contributed by atoms with E-state index in [4.69, 9.17) is 9.15 Å². The van der Waals surface area contributed by atoms with Crippen LogP contribution in [0.15, 0.2) is 70.2 Å². The summed E-state index contributed by atoms with van der Waals surface area (Å²) in [6.45, 7) is 5.93. The fourth-order valence-corrected chi connectivity index (χ4v) is 7.18. The number of hydrogen-bond acceptors (Lipinski definition) is 6. The summed E-state index contributed by atoms with van der Waals surface area (Å²) in [5, 5.41) is 0.693. The van der Waals surface area contributed by atoms with Gasteiger partial charge in [0.05, 0.1) is 29.1 Å². The molecule has 0 fully saturated rings. The maximum Gasteiger partial charge on any atom is 0.243 e. The van der Waals surface area contributed by atoms with E-state index >= 15 is 0 Å². The number of furan rings is 1. The first-order valence-corrected chi connectivity index (χ1v) is 15.2. The summed E-state index contributed by atoms with van der Waals surface area (Å²) >= 11 is 0. The smallest absolute Gasteiger partial charge is 0.243 e. The second-order valence-electron chi connectivity index (χ2n) is 9.34. The molecule has 3 rings (SSSR count). The van der Waals surface area contributed by atoms with Gasteiger partial charge in [0.25, 0.3) is 0 Å². The molecule has 0 radical (unpaired) electrons. The Morgan fingerprint density at radius 1 is 1.00 bits per heavy atom. The van der Waals surface area contributed by atoms with Crippen molar-refractivity contribution < 1.29 is 26.0 Å². The lowest BCUT2D eigenvalue weighted by atomic mass is 10.0. The number of methoxy groups -OCH3 is 1. The zero-order valence-corrected chi connectivity index (χ0v) is 22.9. The molecule has 0 aliphatic carbocycles. The first-order chi connectivity index (χ1) is 17.1. The molecule has 36 heavy (non-hydrogen) atoms. The number of hydrogen-bond donors (Lipinski definition) is 1. The lowest BCUT2D eigenvalue weighted by molar-refractivity contribution is 0.0579. The van der Waals surface area contributed by atoms with Crippen molar-refractivity contribution in [3.8, 4) is 0 Å². The zero-order chi connectivity index (χ0) is 26.3. The minimum absolute atomic E-state index is 0.00736. The van der Waals surface area contributed by atoms with Gasteiger partial charge in [-0.3, -0.25) is 0 Å². The average molecular weight is 537 g/mol. The maximum atomic E-state index is 13.8. The van der Waals surface area contributed by atoms with Crippen LogP contribution in [0.4, 0.5) is 0 Å². The minimum Gasteiger partial charge on any atom is -0.464 e. The van der Waals surface area contributed by atoms with Crippen molar-refractivity contribution in [2.24, 2.45) is 5.92 Å². The SMILES string of the molecule is CCCS(=O)(=O)N[C@@H](Cc1ccccc1)[C@@H](CN(CC(C)C)S(=O)(=O)c1ccc2occc2c1)OC. The molecule has 1 heterocycles. The third-order valence-corrected chi connectivity index (χ3v) is 9.30. The van der Waals surface area contributed by atoms with E-state index in [1.54, 1.807) is 25.1 Å². The number of fused-ring (bicyclic) bond motifs is 1. The molecule has 8 nitrogen and oxygen atoms in total. The highest BCUT2D eigenvalue weighted by Gasteiger charge is 2.33. The Balaban J connectivity index is 1.95. The monoisotopic (exact) mass is 536 g/mol. The molecule has 0 aliphatic heterocycles. The lowest BCUT2D eigenvalue weighted by Gasteiger charge is -2.32. The van der Waals surface area contributed by atoms with E-state index in [1.807, 2.05) is 44.2 Å². The molecular formula is C26H36N2O6S2. The molecule has 0 saturated heterocycles. The van der Waals surface area contributed by atoms with Gasteiger partial charge in [-0.2, -0.15) is 4.31 Å². The largest absolute Gasteiger partial charge is 0.464 e. The minimum atomic E-state index is -3.90. The van der Waals surface area contributed by atoms with Crippen molar-refractivity contribution in [3.63, 3.8) is 0 Å². The van der Waals surface area contributed by atoms with Gasteiger partial charge >= 0.3 is 0 Å². The summed E-state index contributed by atoms with van der Waals surface area (Å²) in [5.41, 5.74) is 1.53. The van der Waals surface area contributed by atoms with Gasteiger partial charge in [-0.1, -0.05) is 51.1 Å². The second kappa shape index (κ2) is 12.3. The van der Waals surface area contributed by atoms with E-state index in [0.717, 1.165) is 5.56 Å². The molecule has 0 spiro atoms. The van der Waals surface area contributed by atoms with Gasteiger partial charge in [-0.05, 0) is 48.6 Å². The van der Waals surface area contributed by atoms with Crippen molar-refractivity contribution >= 4 is 31.0 Å². The Morgan fingerprint density at radius 2 is 1.72 bits per heavy atom. The fourth-order valence-electron chi connectivity index (χ4n) is 4.17. The average Bonchev–Trinajstić information content (AvgIpc) is 3.29. The topological polar surface area (TPSA) is 106 Å². The lowest BCUT2D eigenvalue weighted by Crippen LogP contribution is -2.52. The molecular weight excluding hydrogens is 500 g/mol. The van der Waals surface area contributed by atoms with Crippen LogP contribution in [0.25, 0.3) is 11.0 Å².